The van der Waals surface area contributed by atoms with E-state index in [9.17, 15) is 8.42 Å². The van der Waals surface area contributed by atoms with E-state index >= 15 is 0 Å². The minimum absolute atomic E-state index is 0.0638. The van der Waals surface area contributed by atoms with E-state index in [1.807, 2.05) is 38.1 Å². The number of sulfonamides is 1. The molecule has 1 atom stereocenters. The molecule has 0 aromatic heterocycles. The number of ether oxygens (including phenoxy) is 2. The van der Waals surface area contributed by atoms with E-state index in [0.717, 1.165) is 18.4 Å². The molecule has 0 aliphatic carbocycles. The van der Waals surface area contributed by atoms with Gasteiger partial charge in [0.2, 0.25) is 10.0 Å². The second-order valence-corrected chi connectivity index (χ2v) is 9.24. The van der Waals surface area contributed by atoms with E-state index in [0.29, 0.717) is 17.9 Å². The predicted octanol–water partition coefficient (Wildman–Crippen LogP) is 5.36. The Morgan fingerprint density at radius 2 is 1.82 bits per heavy atom. The van der Waals surface area contributed by atoms with E-state index in [1.165, 1.54) is 19.2 Å². The number of fused-ring (bicyclic) bond motifs is 1. The van der Waals surface area contributed by atoms with Crippen LogP contribution < -0.4 is 14.2 Å². The van der Waals surface area contributed by atoms with Crippen LogP contribution in [0.4, 0.5) is 0 Å². The fraction of sp³-hybridized carbons (Fsp3) is 0.400. The Morgan fingerprint density at radius 1 is 1.14 bits per heavy atom. The summed E-state index contributed by atoms with van der Waals surface area (Å²) in [6, 6.07) is 9.94. The Hall–Kier alpha value is -1.47. The van der Waals surface area contributed by atoms with Crippen LogP contribution in [0.3, 0.4) is 0 Å². The summed E-state index contributed by atoms with van der Waals surface area (Å²) in [5.41, 5.74) is 0.377. The summed E-state index contributed by atoms with van der Waals surface area (Å²) in [4.78, 5) is -0.0810. The summed E-state index contributed by atoms with van der Waals surface area (Å²) in [6.45, 7) is 4.09. The van der Waals surface area contributed by atoms with Gasteiger partial charge in [-0.25, -0.2) is 13.1 Å². The molecule has 1 heterocycles. The highest BCUT2D eigenvalue weighted by atomic mass is 35.5. The van der Waals surface area contributed by atoms with Crippen molar-refractivity contribution in [2.24, 2.45) is 0 Å². The molecule has 0 fully saturated rings. The van der Waals surface area contributed by atoms with Crippen molar-refractivity contribution in [1.29, 1.82) is 0 Å². The Morgan fingerprint density at radius 3 is 2.46 bits per heavy atom. The first-order valence-electron chi connectivity index (χ1n) is 9.09. The Balaban J connectivity index is 2.01. The highest BCUT2D eigenvalue weighted by molar-refractivity contribution is 7.89. The number of hydrogen-bond acceptors (Lipinski definition) is 4. The van der Waals surface area contributed by atoms with Gasteiger partial charge in [-0.05, 0) is 31.0 Å². The van der Waals surface area contributed by atoms with Crippen LogP contribution in [-0.2, 0) is 10.0 Å². The van der Waals surface area contributed by atoms with Crippen LogP contribution in [0.5, 0.6) is 11.5 Å². The molecule has 0 saturated heterocycles. The molecule has 152 valence electrons. The Kier molecular flexibility index (Phi) is 6.15. The van der Waals surface area contributed by atoms with Gasteiger partial charge in [0.05, 0.1) is 18.2 Å². The summed E-state index contributed by atoms with van der Waals surface area (Å²) in [5, 5.41) is 0.00184. The zero-order valence-electron chi connectivity index (χ0n) is 16.0. The fourth-order valence-corrected chi connectivity index (χ4v) is 5.59. The lowest BCUT2D eigenvalue weighted by atomic mass is 9.84. The average Bonchev–Trinajstić information content (AvgIpc) is 2.69. The van der Waals surface area contributed by atoms with Crippen LogP contribution in [0, 0.1) is 0 Å². The molecule has 0 radical (unpaired) electrons. The highest BCUT2D eigenvalue weighted by Gasteiger charge is 2.40. The molecule has 28 heavy (non-hydrogen) atoms. The molecule has 1 aliphatic rings. The number of rotatable bonds is 6. The van der Waals surface area contributed by atoms with Gasteiger partial charge in [-0.2, -0.15) is 0 Å². The second-order valence-electron chi connectivity index (χ2n) is 6.80. The molecule has 5 nitrogen and oxygen atoms in total. The van der Waals surface area contributed by atoms with Gasteiger partial charge in [0.1, 0.15) is 27.0 Å². The highest BCUT2D eigenvalue weighted by Crippen LogP contribution is 2.44. The molecule has 1 N–H and O–H groups in total. The van der Waals surface area contributed by atoms with Gasteiger partial charge in [0.15, 0.2) is 0 Å². The maximum atomic E-state index is 13.1. The number of halogens is 2. The van der Waals surface area contributed by atoms with Crippen LogP contribution in [0.15, 0.2) is 41.3 Å². The SMILES string of the molecule is CCC1(CC)C[C@@H](NS(=O)(=O)c2ccc(OC)c(Cl)c2Cl)c2ccccc2O1. The monoisotopic (exact) mass is 443 g/mol. The molecule has 8 heteroatoms. The molecule has 1 aliphatic heterocycles. The summed E-state index contributed by atoms with van der Waals surface area (Å²) in [7, 11) is -2.48. The molecular weight excluding hydrogens is 421 g/mol. The minimum atomic E-state index is -3.92. The molecule has 0 bridgehead atoms. The maximum absolute atomic E-state index is 13.1. The third-order valence-corrected chi connectivity index (χ3v) is 7.79. The van der Waals surface area contributed by atoms with Crippen molar-refractivity contribution in [1.82, 2.24) is 4.72 Å². The molecule has 0 unspecified atom stereocenters. The smallest absolute Gasteiger partial charge is 0.242 e. The van der Waals surface area contributed by atoms with Crippen LogP contribution in [0.2, 0.25) is 10.0 Å². The van der Waals surface area contributed by atoms with Gasteiger partial charge >= 0.3 is 0 Å². The number of benzene rings is 2. The predicted molar refractivity (Wildman–Crippen MR) is 111 cm³/mol. The van der Waals surface area contributed by atoms with Crippen molar-refractivity contribution in [2.45, 2.75) is 49.6 Å². The first kappa shape index (κ1) is 21.2. The van der Waals surface area contributed by atoms with Gasteiger partial charge in [0.25, 0.3) is 0 Å². The van der Waals surface area contributed by atoms with Gasteiger partial charge in [-0.15, -0.1) is 0 Å². The van der Waals surface area contributed by atoms with E-state index in [4.69, 9.17) is 32.7 Å². The lowest BCUT2D eigenvalue weighted by molar-refractivity contribution is 0.0260. The van der Waals surface area contributed by atoms with Crippen molar-refractivity contribution in [2.75, 3.05) is 7.11 Å². The second kappa shape index (κ2) is 8.11. The largest absolute Gasteiger partial charge is 0.495 e. The molecule has 2 aromatic carbocycles. The first-order chi connectivity index (χ1) is 13.3. The summed E-state index contributed by atoms with van der Waals surface area (Å²) in [5.74, 6) is 1.02. The molecule has 2 aromatic rings. The van der Waals surface area contributed by atoms with Crippen LogP contribution in [0.1, 0.15) is 44.7 Å². The van der Waals surface area contributed by atoms with E-state index < -0.39 is 21.7 Å². The van der Waals surface area contributed by atoms with Crippen LogP contribution >= 0.6 is 23.2 Å². The fourth-order valence-electron chi connectivity index (χ4n) is 3.54. The van der Waals surface area contributed by atoms with Crippen LogP contribution in [0.25, 0.3) is 0 Å². The average molecular weight is 444 g/mol. The quantitative estimate of drug-likeness (QED) is 0.651. The van der Waals surface area contributed by atoms with Gasteiger partial charge in [-0.3, -0.25) is 0 Å². The molecule has 0 saturated carbocycles. The molecule has 0 spiro atoms. The topological polar surface area (TPSA) is 64.6 Å². The van der Waals surface area contributed by atoms with E-state index in [2.05, 4.69) is 4.72 Å². The third kappa shape index (κ3) is 3.83. The molecule has 3 rings (SSSR count). The van der Waals surface area contributed by atoms with E-state index in [1.54, 1.807) is 0 Å². The van der Waals surface area contributed by atoms with Crippen LogP contribution in [-0.4, -0.2) is 21.1 Å². The molecular formula is C20H23Cl2NO4S. The first-order valence-corrected chi connectivity index (χ1v) is 11.3. The van der Waals surface area contributed by atoms with Crippen molar-refractivity contribution >= 4 is 33.2 Å². The van der Waals surface area contributed by atoms with Crippen molar-refractivity contribution in [3.8, 4) is 11.5 Å². The normalized spacial score (nSPS) is 18.2. The van der Waals surface area contributed by atoms with E-state index in [-0.39, 0.29) is 14.9 Å². The number of para-hydroxylation sites is 1. The minimum Gasteiger partial charge on any atom is -0.495 e. The number of hydrogen-bond donors (Lipinski definition) is 1. The summed E-state index contributed by atoms with van der Waals surface area (Å²) < 4.78 is 40.4. The maximum Gasteiger partial charge on any atom is 0.242 e. The lowest BCUT2D eigenvalue weighted by Crippen LogP contribution is -2.44. The van der Waals surface area contributed by atoms with Gasteiger partial charge < -0.3 is 9.47 Å². The van der Waals surface area contributed by atoms with Crippen molar-refractivity contribution in [3.05, 3.63) is 52.0 Å². The number of methoxy groups -OCH3 is 1. The third-order valence-electron chi connectivity index (χ3n) is 5.30. The molecule has 0 amide bonds. The Bertz CT molecular complexity index is 974. The standard InChI is InChI=1S/C20H23Cl2NO4S/c1-4-20(5-2)12-14(13-8-6-7-9-15(13)27-20)23-28(24,25)17-11-10-16(26-3)18(21)19(17)22/h6-11,14,23H,4-5,12H2,1-3H3/t14-/m1/s1. The number of nitrogens with one attached hydrogen (secondary N) is 1. The zero-order valence-corrected chi connectivity index (χ0v) is 18.3. The van der Waals surface area contributed by atoms with Gasteiger partial charge in [-0.1, -0.05) is 55.2 Å². The van der Waals surface area contributed by atoms with Crippen molar-refractivity contribution < 1.29 is 17.9 Å². The summed E-state index contributed by atoms with van der Waals surface area (Å²) >= 11 is 12.4. The lowest BCUT2D eigenvalue weighted by Gasteiger charge is -2.41. The van der Waals surface area contributed by atoms with Gasteiger partial charge in [0, 0.05) is 12.0 Å². The Labute approximate surface area is 176 Å². The summed E-state index contributed by atoms with van der Waals surface area (Å²) in [6.07, 6.45) is 2.06. The zero-order chi connectivity index (χ0) is 20.5. The van der Waals surface area contributed by atoms with Crippen molar-refractivity contribution in [3.63, 3.8) is 0 Å².